The van der Waals surface area contributed by atoms with Gasteiger partial charge < -0.3 is 11.1 Å². The molecule has 5 heteroatoms. The fraction of sp³-hybridized carbons (Fsp3) is 0.400. The Bertz CT molecular complexity index is 444. The quantitative estimate of drug-likeness (QED) is 0.769. The number of aromatic nitrogens is 3. The standard InChI is InChI=1S/C10H15N5/c1-2-12-9-3-4-10-13-8(5-6-11)7-15(10)14-9/h3-4,7H,2,5-6,11H2,1H3,(H,12,14). The van der Waals surface area contributed by atoms with Crippen LogP contribution < -0.4 is 11.1 Å². The van der Waals surface area contributed by atoms with Gasteiger partial charge in [-0.25, -0.2) is 9.50 Å². The number of hydrogen-bond donors (Lipinski definition) is 2. The summed E-state index contributed by atoms with van der Waals surface area (Å²) in [5.74, 6) is 0.863. The van der Waals surface area contributed by atoms with Crippen LogP contribution in [0.3, 0.4) is 0 Å². The second-order valence-corrected chi connectivity index (χ2v) is 3.32. The molecule has 5 nitrogen and oxygen atoms in total. The van der Waals surface area contributed by atoms with E-state index < -0.39 is 0 Å². The van der Waals surface area contributed by atoms with Crippen LogP contribution in [0.5, 0.6) is 0 Å². The van der Waals surface area contributed by atoms with Gasteiger partial charge in [-0.1, -0.05) is 0 Å². The molecule has 15 heavy (non-hydrogen) atoms. The van der Waals surface area contributed by atoms with Crippen LogP contribution in [0.1, 0.15) is 12.6 Å². The van der Waals surface area contributed by atoms with Crippen molar-refractivity contribution in [1.29, 1.82) is 0 Å². The van der Waals surface area contributed by atoms with Gasteiger partial charge >= 0.3 is 0 Å². The highest BCUT2D eigenvalue weighted by Crippen LogP contribution is 2.07. The summed E-state index contributed by atoms with van der Waals surface area (Å²) in [7, 11) is 0. The van der Waals surface area contributed by atoms with Crippen LogP contribution in [-0.4, -0.2) is 27.7 Å². The third-order valence-corrected chi connectivity index (χ3v) is 2.13. The lowest BCUT2D eigenvalue weighted by atomic mass is 10.3. The van der Waals surface area contributed by atoms with Crippen molar-refractivity contribution in [1.82, 2.24) is 14.6 Å². The van der Waals surface area contributed by atoms with E-state index in [1.165, 1.54) is 0 Å². The van der Waals surface area contributed by atoms with Crippen molar-refractivity contribution in [2.75, 3.05) is 18.4 Å². The van der Waals surface area contributed by atoms with E-state index in [1.54, 1.807) is 4.52 Å². The second kappa shape index (κ2) is 4.27. The Morgan fingerprint density at radius 3 is 3.07 bits per heavy atom. The number of fused-ring (bicyclic) bond motifs is 1. The summed E-state index contributed by atoms with van der Waals surface area (Å²) >= 11 is 0. The van der Waals surface area contributed by atoms with Crippen LogP contribution in [0.4, 0.5) is 5.82 Å². The summed E-state index contributed by atoms with van der Waals surface area (Å²) in [4.78, 5) is 4.40. The van der Waals surface area contributed by atoms with Gasteiger partial charge in [-0.2, -0.15) is 0 Å². The monoisotopic (exact) mass is 205 g/mol. The minimum absolute atomic E-state index is 0.615. The highest BCUT2D eigenvalue weighted by atomic mass is 15.3. The number of nitrogens with one attached hydrogen (secondary N) is 1. The molecule has 2 aromatic heterocycles. The zero-order chi connectivity index (χ0) is 10.7. The molecule has 0 bridgehead atoms. The molecule has 0 saturated heterocycles. The molecular formula is C10H15N5. The molecule has 80 valence electrons. The summed E-state index contributed by atoms with van der Waals surface area (Å²) in [6.07, 6.45) is 2.71. The van der Waals surface area contributed by atoms with E-state index in [2.05, 4.69) is 15.4 Å². The Balaban J connectivity index is 2.34. The molecule has 0 aliphatic heterocycles. The number of anilines is 1. The third-order valence-electron chi connectivity index (χ3n) is 2.13. The molecule has 2 rings (SSSR count). The zero-order valence-electron chi connectivity index (χ0n) is 8.77. The van der Waals surface area contributed by atoms with E-state index in [4.69, 9.17) is 5.73 Å². The smallest absolute Gasteiger partial charge is 0.153 e. The van der Waals surface area contributed by atoms with Crippen LogP contribution in [-0.2, 0) is 6.42 Å². The van der Waals surface area contributed by atoms with Crippen molar-refractivity contribution in [3.8, 4) is 0 Å². The van der Waals surface area contributed by atoms with Crippen molar-refractivity contribution in [2.24, 2.45) is 5.73 Å². The second-order valence-electron chi connectivity index (χ2n) is 3.32. The van der Waals surface area contributed by atoms with E-state index >= 15 is 0 Å². The molecule has 0 atom stereocenters. The molecule has 2 heterocycles. The Kier molecular flexibility index (Phi) is 2.82. The fourth-order valence-corrected chi connectivity index (χ4v) is 1.47. The number of rotatable bonds is 4. The topological polar surface area (TPSA) is 68.2 Å². The van der Waals surface area contributed by atoms with Gasteiger partial charge in [-0.05, 0) is 25.6 Å². The summed E-state index contributed by atoms with van der Waals surface area (Å²) in [5.41, 5.74) is 7.32. The molecule has 0 aliphatic carbocycles. The predicted molar refractivity (Wildman–Crippen MR) is 59.9 cm³/mol. The van der Waals surface area contributed by atoms with E-state index in [9.17, 15) is 0 Å². The molecule has 0 saturated carbocycles. The first-order valence-corrected chi connectivity index (χ1v) is 5.12. The van der Waals surface area contributed by atoms with Gasteiger partial charge in [0.15, 0.2) is 5.65 Å². The molecule has 3 N–H and O–H groups in total. The Labute approximate surface area is 88.3 Å². The highest BCUT2D eigenvalue weighted by Gasteiger charge is 2.02. The normalized spacial score (nSPS) is 10.8. The van der Waals surface area contributed by atoms with Gasteiger partial charge in [0, 0.05) is 13.0 Å². The van der Waals surface area contributed by atoms with Crippen molar-refractivity contribution in [3.63, 3.8) is 0 Å². The molecule has 0 spiro atoms. The summed E-state index contributed by atoms with van der Waals surface area (Å²) < 4.78 is 1.78. The van der Waals surface area contributed by atoms with Crippen molar-refractivity contribution in [3.05, 3.63) is 24.0 Å². The number of nitrogens with two attached hydrogens (primary N) is 1. The van der Waals surface area contributed by atoms with Crippen LogP contribution in [0.25, 0.3) is 5.65 Å². The molecule has 0 radical (unpaired) electrons. The first-order chi connectivity index (χ1) is 7.33. The van der Waals surface area contributed by atoms with Gasteiger partial charge in [0.1, 0.15) is 5.82 Å². The molecule has 0 aliphatic rings. The molecule has 0 unspecified atom stereocenters. The van der Waals surface area contributed by atoms with Crippen LogP contribution in [0.15, 0.2) is 18.3 Å². The largest absolute Gasteiger partial charge is 0.369 e. The Morgan fingerprint density at radius 1 is 1.47 bits per heavy atom. The molecule has 0 aromatic carbocycles. The van der Waals surface area contributed by atoms with Gasteiger partial charge in [0.05, 0.1) is 11.9 Å². The summed E-state index contributed by atoms with van der Waals surface area (Å²) in [6, 6.07) is 3.88. The Hall–Kier alpha value is -1.62. The maximum Gasteiger partial charge on any atom is 0.153 e. The lowest BCUT2D eigenvalue weighted by molar-refractivity contribution is 0.912. The molecule has 2 aromatic rings. The van der Waals surface area contributed by atoms with Crippen molar-refractivity contribution >= 4 is 11.5 Å². The van der Waals surface area contributed by atoms with Gasteiger partial charge in [-0.15, -0.1) is 5.10 Å². The average molecular weight is 205 g/mol. The predicted octanol–water partition coefficient (Wildman–Crippen LogP) is 0.662. The maximum absolute atomic E-state index is 5.48. The van der Waals surface area contributed by atoms with Crippen molar-refractivity contribution in [2.45, 2.75) is 13.3 Å². The van der Waals surface area contributed by atoms with E-state index in [0.717, 1.165) is 30.1 Å². The number of nitrogens with zero attached hydrogens (tertiary/aromatic N) is 3. The number of imidazole rings is 1. The van der Waals surface area contributed by atoms with Crippen LogP contribution >= 0.6 is 0 Å². The summed E-state index contributed by atoms with van der Waals surface area (Å²) in [6.45, 7) is 3.52. The molecule has 0 fully saturated rings. The first-order valence-electron chi connectivity index (χ1n) is 5.12. The van der Waals surface area contributed by atoms with E-state index in [-0.39, 0.29) is 0 Å². The minimum atomic E-state index is 0.615. The van der Waals surface area contributed by atoms with E-state index in [1.807, 2.05) is 25.3 Å². The van der Waals surface area contributed by atoms with Crippen molar-refractivity contribution < 1.29 is 0 Å². The van der Waals surface area contributed by atoms with Crippen LogP contribution in [0, 0.1) is 0 Å². The fourth-order valence-electron chi connectivity index (χ4n) is 1.47. The van der Waals surface area contributed by atoms with Crippen LogP contribution in [0.2, 0.25) is 0 Å². The lowest BCUT2D eigenvalue weighted by Gasteiger charge is -2.00. The SMILES string of the molecule is CCNc1ccc2nc(CCN)cn2n1. The summed E-state index contributed by atoms with van der Waals surface area (Å²) in [5, 5.41) is 7.53. The maximum atomic E-state index is 5.48. The molecule has 0 amide bonds. The lowest BCUT2D eigenvalue weighted by Crippen LogP contribution is -2.02. The Morgan fingerprint density at radius 2 is 2.33 bits per heavy atom. The number of hydrogen-bond acceptors (Lipinski definition) is 4. The molecular weight excluding hydrogens is 190 g/mol. The van der Waals surface area contributed by atoms with Gasteiger partial charge in [-0.3, -0.25) is 0 Å². The average Bonchev–Trinajstić information content (AvgIpc) is 2.60. The van der Waals surface area contributed by atoms with Gasteiger partial charge in [0.2, 0.25) is 0 Å². The highest BCUT2D eigenvalue weighted by molar-refractivity contribution is 5.45. The van der Waals surface area contributed by atoms with Gasteiger partial charge in [0.25, 0.3) is 0 Å². The first kappa shape index (κ1) is 9.92. The van der Waals surface area contributed by atoms with E-state index in [0.29, 0.717) is 6.54 Å². The third kappa shape index (κ3) is 2.07. The zero-order valence-corrected chi connectivity index (χ0v) is 8.77. The minimum Gasteiger partial charge on any atom is -0.369 e.